The Hall–Kier alpha value is -3.39. The maximum Gasteiger partial charge on any atom is 0.412 e. The molecule has 0 atom stereocenters. The quantitative estimate of drug-likeness (QED) is 0.290. The number of aryl methyl sites for hydroxylation is 2. The molecule has 0 aliphatic rings. The molecule has 0 fully saturated rings. The van der Waals surface area contributed by atoms with Crippen molar-refractivity contribution in [3.8, 4) is 11.3 Å². The summed E-state index contributed by atoms with van der Waals surface area (Å²) < 4.78 is 8.68. The summed E-state index contributed by atoms with van der Waals surface area (Å²) in [5.74, 6) is 1.30. The van der Waals surface area contributed by atoms with Crippen LogP contribution in [0.1, 0.15) is 50.3 Å². The summed E-state index contributed by atoms with van der Waals surface area (Å²) in [6.07, 6.45) is -0.383. The molecule has 0 bridgehead atoms. The molecule has 4 rings (SSSR count). The van der Waals surface area contributed by atoms with Crippen LogP contribution in [0.25, 0.3) is 22.3 Å². The maximum absolute atomic E-state index is 13.0. The van der Waals surface area contributed by atoms with Crippen LogP contribution in [-0.4, -0.2) is 26.3 Å². The molecular formula is C28H30BrN3O4. The number of carbonyl (C=O) groups is 1. The first-order valence-electron chi connectivity index (χ1n) is 11.8. The van der Waals surface area contributed by atoms with Gasteiger partial charge in [0, 0.05) is 34.2 Å². The molecule has 0 unspecified atom stereocenters. The highest BCUT2D eigenvalue weighted by Gasteiger charge is 2.31. The third-order valence-corrected chi connectivity index (χ3v) is 7.10. The van der Waals surface area contributed by atoms with Crippen LogP contribution < -0.4 is 10.5 Å². The van der Waals surface area contributed by atoms with Gasteiger partial charge in [0.15, 0.2) is 5.76 Å². The molecule has 7 nitrogen and oxygen atoms in total. The molecule has 4 aromatic rings. The summed E-state index contributed by atoms with van der Waals surface area (Å²) in [5, 5.41) is 10.8. The Labute approximate surface area is 218 Å². The Bertz CT molecular complexity index is 1530. The minimum atomic E-state index is -1.04. The number of hydrogen-bond donors (Lipinski definition) is 1. The number of nitrogens with zero attached hydrogens (tertiary/aromatic N) is 3. The predicted octanol–water partition coefficient (Wildman–Crippen LogP) is 6.93. The number of benzene rings is 2. The summed E-state index contributed by atoms with van der Waals surface area (Å²) in [5.41, 5.74) is 3.53. The van der Waals surface area contributed by atoms with Gasteiger partial charge in [0.05, 0.1) is 16.7 Å². The van der Waals surface area contributed by atoms with Gasteiger partial charge in [-0.1, -0.05) is 25.1 Å². The van der Waals surface area contributed by atoms with Crippen molar-refractivity contribution < 1.29 is 14.3 Å². The van der Waals surface area contributed by atoms with Crippen LogP contribution in [0.3, 0.4) is 0 Å². The number of aromatic nitrogens is 2. The van der Waals surface area contributed by atoms with E-state index in [0.717, 1.165) is 26.9 Å². The highest BCUT2D eigenvalue weighted by atomic mass is 79.9. The van der Waals surface area contributed by atoms with Gasteiger partial charge in [-0.15, -0.1) is 0 Å². The van der Waals surface area contributed by atoms with Crippen LogP contribution >= 0.6 is 15.9 Å². The van der Waals surface area contributed by atoms with Gasteiger partial charge in [-0.3, -0.25) is 14.3 Å². The van der Waals surface area contributed by atoms with Crippen molar-refractivity contribution in [1.82, 2.24) is 9.55 Å². The van der Waals surface area contributed by atoms with E-state index in [9.17, 15) is 14.7 Å². The highest BCUT2D eigenvalue weighted by Crippen LogP contribution is 2.43. The van der Waals surface area contributed by atoms with Crippen LogP contribution in [-0.2, 0) is 13.0 Å². The fourth-order valence-corrected chi connectivity index (χ4v) is 5.03. The topological polar surface area (TPSA) is 88.6 Å². The first-order valence-corrected chi connectivity index (χ1v) is 12.6. The second-order valence-corrected chi connectivity index (χ2v) is 10.7. The molecule has 2 aromatic carbocycles. The normalized spacial score (nSPS) is 11.8. The van der Waals surface area contributed by atoms with Crippen molar-refractivity contribution in [2.45, 2.75) is 60.0 Å². The second kappa shape index (κ2) is 9.58. The largest absolute Gasteiger partial charge is 0.465 e. The van der Waals surface area contributed by atoms with E-state index in [1.165, 1.54) is 4.90 Å². The summed E-state index contributed by atoms with van der Waals surface area (Å²) in [6.45, 7) is 11.6. The van der Waals surface area contributed by atoms with Gasteiger partial charge < -0.3 is 9.52 Å². The van der Waals surface area contributed by atoms with E-state index in [-0.39, 0.29) is 5.56 Å². The Balaban J connectivity index is 1.82. The van der Waals surface area contributed by atoms with E-state index in [1.807, 2.05) is 71.0 Å². The van der Waals surface area contributed by atoms with Crippen molar-refractivity contribution in [3.63, 3.8) is 0 Å². The molecule has 0 radical (unpaired) electrons. The zero-order valence-electron chi connectivity index (χ0n) is 21.3. The van der Waals surface area contributed by atoms with Crippen LogP contribution in [0.4, 0.5) is 10.5 Å². The molecule has 0 saturated carbocycles. The monoisotopic (exact) mass is 551 g/mol. The molecule has 36 heavy (non-hydrogen) atoms. The Kier molecular flexibility index (Phi) is 6.84. The molecule has 2 aromatic heterocycles. The second-order valence-electron chi connectivity index (χ2n) is 9.86. The van der Waals surface area contributed by atoms with E-state index in [2.05, 4.69) is 20.9 Å². The van der Waals surface area contributed by atoms with E-state index in [4.69, 9.17) is 4.42 Å². The van der Waals surface area contributed by atoms with Crippen LogP contribution in [0, 0.1) is 13.8 Å². The number of rotatable bonds is 5. The Morgan fingerprint density at radius 3 is 2.50 bits per heavy atom. The number of para-hydroxylation sites is 1. The number of halogens is 1. The lowest BCUT2D eigenvalue weighted by molar-refractivity contribution is 0.195. The predicted molar refractivity (Wildman–Crippen MR) is 146 cm³/mol. The van der Waals surface area contributed by atoms with Crippen molar-refractivity contribution in [1.29, 1.82) is 0 Å². The third-order valence-electron chi connectivity index (χ3n) is 6.32. The van der Waals surface area contributed by atoms with Crippen LogP contribution in [0.5, 0.6) is 0 Å². The number of carboxylic acid groups (broad SMARTS) is 1. The maximum atomic E-state index is 13.0. The first-order chi connectivity index (χ1) is 16.9. The van der Waals surface area contributed by atoms with E-state index >= 15 is 0 Å². The lowest BCUT2D eigenvalue weighted by atomic mass is 10.0. The molecule has 0 aliphatic carbocycles. The molecule has 188 valence electrons. The molecule has 0 saturated heterocycles. The Morgan fingerprint density at radius 1 is 1.17 bits per heavy atom. The van der Waals surface area contributed by atoms with Crippen molar-refractivity contribution >= 4 is 38.7 Å². The SMILES string of the molecule is CCc1nc(C)c(C)c(=O)n1Cc1ccc2oc(-c3ccccc3N(C(=O)O)C(C)(C)C)c(Br)c2c1. The number of anilines is 1. The number of furan rings is 1. The average molecular weight is 552 g/mol. The minimum Gasteiger partial charge on any atom is -0.465 e. The minimum absolute atomic E-state index is 0.0312. The van der Waals surface area contributed by atoms with Crippen molar-refractivity contribution in [2.24, 2.45) is 0 Å². The van der Waals surface area contributed by atoms with Gasteiger partial charge in [0.25, 0.3) is 5.56 Å². The van der Waals surface area contributed by atoms with Gasteiger partial charge in [-0.2, -0.15) is 0 Å². The number of amides is 1. The smallest absolute Gasteiger partial charge is 0.412 e. The van der Waals surface area contributed by atoms with Gasteiger partial charge in [0.1, 0.15) is 11.4 Å². The van der Waals surface area contributed by atoms with Gasteiger partial charge in [-0.25, -0.2) is 9.78 Å². The molecule has 0 aliphatic heterocycles. The van der Waals surface area contributed by atoms with Crippen molar-refractivity contribution in [2.75, 3.05) is 4.90 Å². The summed E-state index contributed by atoms with van der Waals surface area (Å²) in [6, 6.07) is 13.1. The molecule has 2 heterocycles. The Morgan fingerprint density at radius 2 is 1.86 bits per heavy atom. The third kappa shape index (κ3) is 4.57. The lowest BCUT2D eigenvalue weighted by Gasteiger charge is -2.34. The summed E-state index contributed by atoms with van der Waals surface area (Å²) in [7, 11) is 0. The molecule has 0 spiro atoms. The van der Waals surface area contributed by atoms with Crippen LogP contribution in [0.15, 0.2) is 56.1 Å². The molecule has 8 heteroatoms. The highest BCUT2D eigenvalue weighted by molar-refractivity contribution is 9.10. The van der Waals surface area contributed by atoms with E-state index in [1.54, 1.807) is 17.6 Å². The standard InChI is InChI=1S/C28H30BrN3O4/c1-7-23-30-17(3)16(2)26(33)31(23)15-18-12-13-22-20(14-18)24(29)25(36-22)19-10-8-9-11-21(19)32(27(34)35)28(4,5)6/h8-14H,7,15H2,1-6H3,(H,34,35). The van der Waals surface area contributed by atoms with Gasteiger partial charge in [-0.05, 0) is 80.4 Å². The van der Waals surface area contributed by atoms with Gasteiger partial charge >= 0.3 is 6.09 Å². The fraction of sp³-hybridized carbons (Fsp3) is 0.321. The summed E-state index contributed by atoms with van der Waals surface area (Å²) in [4.78, 5) is 31.1. The van der Waals surface area contributed by atoms with Crippen molar-refractivity contribution in [3.05, 3.63) is 79.9 Å². The van der Waals surface area contributed by atoms with E-state index < -0.39 is 11.6 Å². The number of hydrogen-bond acceptors (Lipinski definition) is 4. The zero-order valence-corrected chi connectivity index (χ0v) is 22.9. The van der Waals surface area contributed by atoms with E-state index in [0.29, 0.717) is 41.1 Å². The fourth-order valence-electron chi connectivity index (χ4n) is 4.43. The lowest BCUT2D eigenvalue weighted by Crippen LogP contribution is -2.45. The molecule has 1 N–H and O–H groups in total. The molecule has 1 amide bonds. The summed E-state index contributed by atoms with van der Waals surface area (Å²) >= 11 is 3.70. The first kappa shape index (κ1) is 25.7. The molecular weight excluding hydrogens is 522 g/mol. The van der Waals surface area contributed by atoms with Crippen LogP contribution in [0.2, 0.25) is 0 Å². The number of fused-ring (bicyclic) bond motifs is 1. The average Bonchev–Trinajstić information content (AvgIpc) is 3.14. The zero-order chi connectivity index (χ0) is 26.4. The van der Waals surface area contributed by atoms with Gasteiger partial charge in [0.2, 0.25) is 0 Å².